The molecule has 1 aromatic heterocycles. The van der Waals surface area contributed by atoms with Crippen LogP contribution in [0, 0.1) is 5.92 Å². The highest BCUT2D eigenvalue weighted by Crippen LogP contribution is 2.33. The molecule has 128 valence electrons. The number of anilines is 1. The van der Waals surface area contributed by atoms with Crippen LogP contribution in [0.2, 0.25) is 0 Å². The maximum Gasteiger partial charge on any atom is 0.225 e. The molecule has 2 aliphatic heterocycles. The third kappa shape index (κ3) is 2.95. The first-order valence-electron chi connectivity index (χ1n) is 8.73. The van der Waals surface area contributed by atoms with E-state index in [0.29, 0.717) is 5.91 Å². The molecule has 5 nitrogen and oxygen atoms in total. The Balaban J connectivity index is 1.42. The molecule has 24 heavy (non-hydrogen) atoms. The molecule has 2 aliphatic rings. The number of amides is 1. The number of rotatable bonds is 3. The average Bonchev–Trinajstić information content (AvgIpc) is 3.30. The first kappa shape index (κ1) is 15.7. The lowest BCUT2D eigenvalue weighted by Gasteiger charge is -2.32. The molecular weight excluding hydrogens is 322 g/mol. The van der Waals surface area contributed by atoms with Gasteiger partial charge in [0.15, 0.2) is 5.13 Å². The van der Waals surface area contributed by atoms with Crippen molar-refractivity contribution in [1.29, 1.82) is 0 Å². The molecule has 3 heterocycles. The van der Waals surface area contributed by atoms with Crippen LogP contribution in [0.15, 0.2) is 18.2 Å². The van der Waals surface area contributed by atoms with E-state index in [1.54, 1.807) is 18.4 Å². The predicted molar refractivity (Wildman–Crippen MR) is 96.9 cm³/mol. The van der Waals surface area contributed by atoms with Gasteiger partial charge in [-0.2, -0.15) is 0 Å². The maximum atomic E-state index is 12.5. The monoisotopic (exact) mass is 345 g/mol. The Morgan fingerprint density at radius 1 is 1.21 bits per heavy atom. The van der Waals surface area contributed by atoms with Gasteiger partial charge in [0.05, 0.1) is 17.3 Å². The second-order valence-corrected chi connectivity index (χ2v) is 7.63. The molecule has 2 fully saturated rings. The van der Waals surface area contributed by atoms with Gasteiger partial charge in [-0.15, -0.1) is 0 Å². The number of nitrogens with zero attached hydrogens (tertiary/aromatic N) is 3. The van der Waals surface area contributed by atoms with Crippen molar-refractivity contribution in [2.24, 2.45) is 5.92 Å². The highest BCUT2D eigenvalue weighted by atomic mass is 32.1. The third-order valence-corrected chi connectivity index (χ3v) is 6.20. The van der Waals surface area contributed by atoms with E-state index >= 15 is 0 Å². The van der Waals surface area contributed by atoms with E-state index in [9.17, 15) is 4.79 Å². The van der Waals surface area contributed by atoms with Crippen molar-refractivity contribution >= 4 is 32.6 Å². The molecule has 0 aliphatic carbocycles. The number of carbonyl (C=O) groups excluding carboxylic acids is 1. The number of methoxy groups -OCH3 is 1. The van der Waals surface area contributed by atoms with Gasteiger partial charge in [0.25, 0.3) is 0 Å². The van der Waals surface area contributed by atoms with Crippen LogP contribution >= 0.6 is 11.3 Å². The quantitative estimate of drug-likeness (QED) is 0.857. The Hall–Kier alpha value is -1.82. The zero-order valence-electron chi connectivity index (χ0n) is 14.0. The number of fused-ring (bicyclic) bond motifs is 1. The van der Waals surface area contributed by atoms with E-state index < -0.39 is 0 Å². The highest BCUT2D eigenvalue weighted by molar-refractivity contribution is 7.22. The van der Waals surface area contributed by atoms with E-state index in [4.69, 9.17) is 9.72 Å². The first-order valence-corrected chi connectivity index (χ1v) is 9.54. The summed E-state index contributed by atoms with van der Waals surface area (Å²) in [5.74, 6) is 1.45. The summed E-state index contributed by atoms with van der Waals surface area (Å²) in [7, 11) is 1.69. The number of aromatic nitrogens is 1. The molecule has 0 unspecified atom stereocenters. The Morgan fingerprint density at radius 3 is 2.67 bits per heavy atom. The zero-order chi connectivity index (χ0) is 16.5. The fourth-order valence-electron chi connectivity index (χ4n) is 3.67. The number of thiazole rings is 1. The van der Waals surface area contributed by atoms with Gasteiger partial charge in [0.2, 0.25) is 5.91 Å². The minimum Gasteiger partial charge on any atom is -0.497 e. The highest BCUT2D eigenvalue weighted by Gasteiger charge is 2.30. The molecule has 0 atom stereocenters. The van der Waals surface area contributed by atoms with Crippen LogP contribution in [0.4, 0.5) is 5.13 Å². The van der Waals surface area contributed by atoms with E-state index in [-0.39, 0.29) is 5.92 Å². The summed E-state index contributed by atoms with van der Waals surface area (Å²) in [5.41, 5.74) is 1.02. The van der Waals surface area contributed by atoms with Crippen molar-refractivity contribution in [3.05, 3.63) is 18.2 Å². The van der Waals surface area contributed by atoms with Crippen LogP contribution < -0.4 is 9.64 Å². The van der Waals surface area contributed by atoms with Crippen molar-refractivity contribution in [2.45, 2.75) is 25.7 Å². The summed E-state index contributed by atoms with van der Waals surface area (Å²) < 4.78 is 6.44. The largest absolute Gasteiger partial charge is 0.497 e. The van der Waals surface area contributed by atoms with Gasteiger partial charge >= 0.3 is 0 Å². The van der Waals surface area contributed by atoms with E-state index in [1.165, 1.54) is 12.8 Å². The summed E-state index contributed by atoms with van der Waals surface area (Å²) in [4.78, 5) is 21.7. The van der Waals surface area contributed by atoms with Gasteiger partial charge in [-0.3, -0.25) is 4.79 Å². The van der Waals surface area contributed by atoms with Crippen LogP contribution in [0.1, 0.15) is 25.7 Å². The number of hydrogen-bond donors (Lipinski definition) is 0. The van der Waals surface area contributed by atoms with Crippen LogP contribution in [0.3, 0.4) is 0 Å². The molecule has 6 heteroatoms. The van der Waals surface area contributed by atoms with Crippen molar-refractivity contribution < 1.29 is 9.53 Å². The minimum atomic E-state index is 0.203. The van der Waals surface area contributed by atoms with Gasteiger partial charge in [-0.1, -0.05) is 11.3 Å². The molecular formula is C18H23N3O2S. The van der Waals surface area contributed by atoms with Gasteiger partial charge in [0.1, 0.15) is 5.75 Å². The third-order valence-electron chi connectivity index (χ3n) is 5.12. The van der Waals surface area contributed by atoms with Crippen molar-refractivity contribution in [2.75, 3.05) is 38.2 Å². The van der Waals surface area contributed by atoms with Crippen LogP contribution in [0.25, 0.3) is 10.2 Å². The van der Waals surface area contributed by atoms with E-state index in [2.05, 4.69) is 9.80 Å². The minimum absolute atomic E-state index is 0.203. The summed E-state index contributed by atoms with van der Waals surface area (Å²) in [6.45, 7) is 3.75. The van der Waals surface area contributed by atoms with Gasteiger partial charge in [-0.05, 0) is 43.9 Å². The molecule has 2 aromatic rings. The average molecular weight is 345 g/mol. The molecule has 0 bridgehead atoms. The van der Waals surface area contributed by atoms with Crippen LogP contribution in [0.5, 0.6) is 5.75 Å². The number of piperidine rings is 1. The summed E-state index contributed by atoms with van der Waals surface area (Å²) in [6.07, 6.45) is 4.21. The fourth-order valence-corrected chi connectivity index (χ4v) is 4.71. The molecule has 2 saturated heterocycles. The number of benzene rings is 1. The van der Waals surface area contributed by atoms with Crippen LogP contribution in [-0.4, -0.2) is 49.1 Å². The van der Waals surface area contributed by atoms with Gasteiger partial charge in [0, 0.05) is 32.1 Å². The van der Waals surface area contributed by atoms with E-state index in [0.717, 1.165) is 60.1 Å². The summed E-state index contributed by atoms with van der Waals surface area (Å²) in [5, 5.41) is 1.06. The normalized spacial score (nSPS) is 19.2. The number of likely N-dealkylation sites (tertiary alicyclic amines) is 1. The summed E-state index contributed by atoms with van der Waals surface area (Å²) >= 11 is 1.71. The maximum absolute atomic E-state index is 12.5. The topological polar surface area (TPSA) is 45.7 Å². The first-order chi connectivity index (χ1) is 11.7. The number of hydrogen-bond acceptors (Lipinski definition) is 5. The van der Waals surface area contributed by atoms with Gasteiger partial charge < -0.3 is 14.5 Å². The molecule has 0 saturated carbocycles. The Bertz CT molecular complexity index is 731. The summed E-state index contributed by atoms with van der Waals surface area (Å²) in [6, 6.07) is 6.00. The lowest BCUT2D eigenvalue weighted by molar-refractivity contribution is -0.135. The Morgan fingerprint density at radius 2 is 1.96 bits per heavy atom. The second-order valence-electron chi connectivity index (χ2n) is 6.62. The van der Waals surface area contributed by atoms with Crippen molar-refractivity contribution in [3.63, 3.8) is 0 Å². The van der Waals surface area contributed by atoms with Crippen LogP contribution in [-0.2, 0) is 4.79 Å². The molecule has 0 N–H and O–H groups in total. The predicted octanol–water partition coefficient (Wildman–Crippen LogP) is 3.14. The Kier molecular flexibility index (Phi) is 4.31. The molecule has 0 spiro atoms. The molecule has 4 rings (SSSR count). The lowest BCUT2D eigenvalue weighted by atomic mass is 9.95. The number of carbonyl (C=O) groups is 1. The zero-order valence-corrected chi connectivity index (χ0v) is 14.8. The second kappa shape index (κ2) is 6.59. The smallest absolute Gasteiger partial charge is 0.225 e. The number of ether oxygens (including phenoxy) is 1. The molecule has 1 amide bonds. The standard InChI is InChI=1S/C18H23N3O2S/c1-23-14-4-5-15-16(12-14)24-18(19-15)21-10-6-13(7-11-21)17(22)20-8-2-3-9-20/h4-5,12-13H,2-3,6-11H2,1H3. The molecule has 0 radical (unpaired) electrons. The van der Waals surface area contributed by atoms with E-state index in [1.807, 2.05) is 18.2 Å². The SMILES string of the molecule is COc1ccc2nc(N3CCC(C(=O)N4CCCC4)CC3)sc2c1. The van der Waals surface area contributed by atoms with Crippen molar-refractivity contribution in [3.8, 4) is 5.75 Å². The van der Waals surface area contributed by atoms with Crippen molar-refractivity contribution in [1.82, 2.24) is 9.88 Å². The molecule has 1 aromatic carbocycles. The lowest BCUT2D eigenvalue weighted by Crippen LogP contribution is -2.41. The Labute approximate surface area is 146 Å². The fraction of sp³-hybridized carbons (Fsp3) is 0.556. The van der Waals surface area contributed by atoms with Gasteiger partial charge in [-0.25, -0.2) is 4.98 Å².